The molecule has 0 atom stereocenters. The van der Waals surface area contributed by atoms with E-state index in [2.05, 4.69) is 9.97 Å². The number of nitrogens with two attached hydrogens (primary N) is 1. The molecule has 0 unspecified atom stereocenters. The number of primary amides is 1. The number of ether oxygens (including phenoxy) is 2. The molecule has 2 aromatic carbocycles. The van der Waals surface area contributed by atoms with E-state index in [9.17, 15) is 14.4 Å². The summed E-state index contributed by atoms with van der Waals surface area (Å²) in [6.07, 6.45) is -1.58. The first-order chi connectivity index (χ1) is 17.4. The lowest BCUT2D eigenvalue weighted by molar-refractivity contribution is 0.104. The lowest BCUT2D eigenvalue weighted by Crippen LogP contribution is -2.33. The first-order valence-electron chi connectivity index (χ1n) is 11.0. The highest BCUT2D eigenvalue weighted by atomic mass is 32.1. The molecule has 0 bridgehead atoms. The number of rotatable bonds is 8. The summed E-state index contributed by atoms with van der Waals surface area (Å²) >= 11 is 1.87. The average Bonchev–Trinajstić information content (AvgIpc) is 3.49. The van der Waals surface area contributed by atoms with Gasteiger partial charge >= 0.3 is 12.2 Å². The summed E-state index contributed by atoms with van der Waals surface area (Å²) in [4.78, 5) is 48.6. The van der Waals surface area contributed by atoms with Gasteiger partial charge < -0.3 is 20.1 Å². The van der Waals surface area contributed by atoms with Crippen LogP contribution >= 0.6 is 22.7 Å². The highest BCUT2D eigenvalue weighted by molar-refractivity contribution is 7.19. The van der Waals surface area contributed by atoms with Crippen molar-refractivity contribution in [2.45, 2.75) is 13.8 Å². The first-order valence-corrected chi connectivity index (χ1v) is 12.7. The van der Waals surface area contributed by atoms with E-state index in [0.717, 1.165) is 22.7 Å². The van der Waals surface area contributed by atoms with Crippen LogP contribution in [0.1, 0.15) is 28.4 Å². The van der Waals surface area contributed by atoms with Crippen molar-refractivity contribution in [3.05, 3.63) is 70.4 Å². The summed E-state index contributed by atoms with van der Waals surface area (Å²) in [5.74, 6) is -0.396. The topological polar surface area (TPSA) is 125 Å². The normalized spacial score (nSPS) is 10.6. The van der Waals surface area contributed by atoms with Crippen molar-refractivity contribution < 1.29 is 23.9 Å². The molecule has 9 nitrogen and oxygen atoms in total. The van der Waals surface area contributed by atoms with Gasteiger partial charge in [-0.3, -0.25) is 4.79 Å². The molecule has 0 saturated carbocycles. The predicted octanol–water partition coefficient (Wildman–Crippen LogP) is 5.46. The number of hydrogen-bond donors (Lipinski definition) is 1. The Hall–Kier alpha value is -4.09. The first kappa shape index (κ1) is 25.0. The Labute approximate surface area is 215 Å². The van der Waals surface area contributed by atoms with E-state index in [1.54, 1.807) is 12.1 Å². The molecule has 0 fully saturated rings. The Balaban J connectivity index is 1.81. The molecule has 11 heteroatoms. The van der Waals surface area contributed by atoms with Gasteiger partial charge in [0.1, 0.15) is 9.75 Å². The molecule has 2 amide bonds. The standard InChI is InChI=1S/C25H22N4O5S2/c1-3-29(4-2)25(32)34-24-28-18(16-13-9-6-10-14-16)21(36-24)19(30)20-17(15-11-7-5-8-12-15)27-23(35-20)33-22(26)31/h5-14H,3-4H2,1-2H3,(H2,26,31). The van der Waals surface area contributed by atoms with Crippen LogP contribution in [0.15, 0.2) is 60.7 Å². The van der Waals surface area contributed by atoms with Crippen molar-refractivity contribution in [1.29, 1.82) is 0 Å². The molecular formula is C25H22N4O5S2. The minimum absolute atomic E-state index is 0.0495. The van der Waals surface area contributed by atoms with Crippen LogP contribution in [-0.4, -0.2) is 45.9 Å². The zero-order valence-electron chi connectivity index (χ0n) is 19.5. The van der Waals surface area contributed by atoms with Crippen LogP contribution in [0.5, 0.6) is 10.4 Å². The van der Waals surface area contributed by atoms with E-state index in [1.165, 1.54) is 4.90 Å². The van der Waals surface area contributed by atoms with Gasteiger partial charge in [-0.15, -0.1) is 0 Å². The van der Waals surface area contributed by atoms with Gasteiger partial charge in [0.05, 0.1) is 11.4 Å². The van der Waals surface area contributed by atoms with Gasteiger partial charge in [-0.05, 0) is 13.8 Å². The lowest BCUT2D eigenvalue weighted by Gasteiger charge is -2.16. The second-order valence-electron chi connectivity index (χ2n) is 7.34. The molecule has 4 rings (SSSR count). The Morgan fingerprint density at radius 1 is 0.778 bits per heavy atom. The van der Waals surface area contributed by atoms with Gasteiger partial charge in [0, 0.05) is 24.2 Å². The maximum Gasteiger partial charge on any atom is 0.417 e. The summed E-state index contributed by atoms with van der Waals surface area (Å²) in [5.41, 5.74) is 7.23. The Bertz CT molecular complexity index is 1380. The maximum absolute atomic E-state index is 13.9. The zero-order chi connectivity index (χ0) is 25.7. The molecule has 2 N–H and O–H groups in total. The second-order valence-corrected chi connectivity index (χ2v) is 9.26. The molecule has 0 saturated heterocycles. The molecule has 0 spiro atoms. The van der Waals surface area contributed by atoms with Crippen molar-refractivity contribution in [2.75, 3.05) is 13.1 Å². The fourth-order valence-corrected chi connectivity index (χ4v) is 5.22. The maximum atomic E-state index is 13.9. The Morgan fingerprint density at radius 3 is 1.64 bits per heavy atom. The van der Waals surface area contributed by atoms with Crippen LogP contribution in [0.25, 0.3) is 22.5 Å². The van der Waals surface area contributed by atoms with Crippen LogP contribution in [0.4, 0.5) is 9.59 Å². The molecule has 4 aromatic rings. The second kappa shape index (κ2) is 11.1. The Kier molecular flexibility index (Phi) is 7.71. The van der Waals surface area contributed by atoms with Crippen molar-refractivity contribution >= 4 is 40.6 Å². The summed E-state index contributed by atoms with van der Waals surface area (Å²) in [6.45, 7) is 4.64. The van der Waals surface area contributed by atoms with Crippen molar-refractivity contribution in [3.63, 3.8) is 0 Å². The Morgan fingerprint density at radius 2 is 1.22 bits per heavy atom. The lowest BCUT2D eigenvalue weighted by atomic mass is 10.1. The van der Waals surface area contributed by atoms with Crippen LogP contribution in [0, 0.1) is 0 Å². The van der Waals surface area contributed by atoms with Gasteiger partial charge in [0.15, 0.2) is 0 Å². The fraction of sp³-hybridized carbons (Fsp3) is 0.160. The van der Waals surface area contributed by atoms with E-state index in [0.29, 0.717) is 35.6 Å². The van der Waals surface area contributed by atoms with Crippen LogP contribution in [-0.2, 0) is 0 Å². The molecule has 0 aliphatic rings. The van der Waals surface area contributed by atoms with Crippen LogP contribution in [0.3, 0.4) is 0 Å². The van der Waals surface area contributed by atoms with Gasteiger partial charge in [0.2, 0.25) is 5.78 Å². The van der Waals surface area contributed by atoms with E-state index in [-0.39, 0.29) is 20.1 Å². The highest BCUT2D eigenvalue weighted by Crippen LogP contribution is 2.39. The molecule has 36 heavy (non-hydrogen) atoms. The third kappa shape index (κ3) is 5.42. The number of benzene rings is 2. The summed E-state index contributed by atoms with van der Waals surface area (Å²) < 4.78 is 10.5. The summed E-state index contributed by atoms with van der Waals surface area (Å²) in [6, 6.07) is 18.2. The molecule has 184 valence electrons. The minimum Gasteiger partial charge on any atom is -0.381 e. The molecule has 2 aromatic heterocycles. The van der Waals surface area contributed by atoms with E-state index in [1.807, 2.05) is 62.4 Å². The number of carbonyl (C=O) groups is 3. The summed E-state index contributed by atoms with van der Waals surface area (Å²) in [7, 11) is 0. The van der Waals surface area contributed by atoms with Gasteiger partial charge in [-0.2, -0.15) is 0 Å². The number of aromatic nitrogens is 2. The zero-order valence-corrected chi connectivity index (χ0v) is 21.1. The quantitative estimate of drug-likeness (QED) is 0.305. The summed E-state index contributed by atoms with van der Waals surface area (Å²) in [5, 5.41) is -0.00264. The number of amides is 2. The number of hydrogen-bond acceptors (Lipinski definition) is 9. The molecule has 0 aliphatic heterocycles. The average molecular weight is 523 g/mol. The van der Waals surface area contributed by atoms with E-state index in [4.69, 9.17) is 15.2 Å². The third-order valence-corrected chi connectivity index (χ3v) is 6.97. The largest absolute Gasteiger partial charge is 0.417 e. The third-order valence-electron chi connectivity index (χ3n) is 5.11. The SMILES string of the molecule is CCN(CC)C(=O)Oc1nc(-c2ccccc2)c(C(=O)c2sc(OC(N)=O)nc2-c2ccccc2)s1. The number of ketones is 1. The monoisotopic (exact) mass is 522 g/mol. The minimum atomic E-state index is -1.03. The van der Waals surface area contributed by atoms with E-state index < -0.39 is 18.0 Å². The molecule has 2 heterocycles. The number of nitrogens with zero attached hydrogens (tertiary/aromatic N) is 3. The van der Waals surface area contributed by atoms with E-state index >= 15 is 0 Å². The molecular weight excluding hydrogens is 500 g/mol. The van der Waals surface area contributed by atoms with Crippen molar-refractivity contribution in [3.8, 4) is 32.9 Å². The van der Waals surface area contributed by atoms with Crippen LogP contribution < -0.4 is 15.2 Å². The number of carbonyl (C=O) groups excluding carboxylic acids is 3. The highest BCUT2D eigenvalue weighted by Gasteiger charge is 2.28. The van der Waals surface area contributed by atoms with Crippen LogP contribution in [0.2, 0.25) is 0 Å². The van der Waals surface area contributed by atoms with Gasteiger partial charge in [-0.1, -0.05) is 83.3 Å². The van der Waals surface area contributed by atoms with Crippen molar-refractivity contribution in [2.24, 2.45) is 5.73 Å². The molecule has 0 radical (unpaired) electrons. The molecule has 0 aliphatic carbocycles. The van der Waals surface area contributed by atoms with Gasteiger partial charge in [-0.25, -0.2) is 19.6 Å². The number of thiazole rings is 2. The smallest absolute Gasteiger partial charge is 0.381 e. The van der Waals surface area contributed by atoms with Gasteiger partial charge in [0.25, 0.3) is 10.4 Å². The predicted molar refractivity (Wildman–Crippen MR) is 138 cm³/mol. The fourth-order valence-electron chi connectivity index (χ4n) is 3.39. The van der Waals surface area contributed by atoms with Crippen molar-refractivity contribution in [1.82, 2.24) is 14.9 Å².